The minimum atomic E-state index is -0.724. The molecule has 0 bridgehead atoms. The predicted octanol–water partition coefficient (Wildman–Crippen LogP) is 6.31. The van der Waals surface area contributed by atoms with E-state index >= 15 is 0 Å². The first-order chi connectivity index (χ1) is 9.29. The zero-order chi connectivity index (χ0) is 16.8. The molecule has 0 saturated heterocycles. The molecule has 1 aliphatic rings. The fourth-order valence-electron chi connectivity index (χ4n) is 2.26. The zero-order valence-corrected chi connectivity index (χ0v) is 20.2. The van der Waals surface area contributed by atoms with Crippen molar-refractivity contribution in [2.75, 3.05) is 0 Å². The van der Waals surface area contributed by atoms with E-state index in [0.717, 1.165) is 17.4 Å². The molecular formula is C19H42MoO2Si. The van der Waals surface area contributed by atoms with Crippen molar-refractivity contribution in [1.82, 2.24) is 0 Å². The van der Waals surface area contributed by atoms with Crippen molar-refractivity contribution < 1.29 is 30.7 Å². The molecule has 0 spiro atoms. The molecule has 4 heteroatoms. The Hall–Kier alpha value is 0.245. The van der Waals surface area contributed by atoms with Gasteiger partial charge in [-0.25, -0.2) is 0 Å². The van der Waals surface area contributed by atoms with E-state index in [2.05, 4.69) is 60.9 Å². The van der Waals surface area contributed by atoms with Gasteiger partial charge in [-0.2, -0.15) is 0 Å². The largest absolute Gasteiger partial charge is 4.00 e. The van der Waals surface area contributed by atoms with Crippen LogP contribution in [-0.2, 0) is 30.7 Å². The molecule has 1 rings (SSSR count). The Morgan fingerprint density at radius 2 is 1.22 bits per heavy atom. The van der Waals surface area contributed by atoms with Crippen molar-refractivity contribution in [3.8, 4) is 0 Å². The van der Waals surface area contributed by atoms with Crippen LogP contribution >= 0.6 is 0 Å². The summed E-state index contributed by atoms with van der Waals surface area (Å²) in [5, 5.41) is 0. The molecule has 0 radical (unpaired) electrons. The second-order valence-corrected chi connectivity index (χ2v) is 12.5. The molecule has 1 saturated carbocycles. The standard InChI is InChI=1S/C8H18Si.C7H16.2CHO.2CH3.Mo/c1-9(2,3)8-6-4-5-7-8;1-5-7(4)6(2)3;2*1-2;;;/h8H,4-7H2,1-3H3;6-7H,5H2,1-4H3;2*1H;2*1H3;/q;;4*-1;+4. The Morgan fingerprint density at radius 1 is 0.913 bits per heavy atom. The Bertz CT molecular complexity index is 198. The van der Waals surface area contributed by atoms with Crippen molar-refractivity contribution in [3.05, 3.63) is 14.9 Å². The van der Waals surface area contributed by atoms with E-state index in [1.54, 1.807) is 0 Å². The Balaban J connectivity index is -0.0000000473. The number of hydrogen-bond donors (Lipinski definition) is 0. The second-order valence-electron chi connectivity index (χ2n) is 6.98. The van der Waals surface area contributed by atoms with Crippen molar-refractivity contribution in [1.29, 1.82) is 0 Å². The number of rotatable bonds is 3. The summed E-state index contributed by atoms with van der Waals surface area (Å²) in [5.74, 6) is 1.77. The monoisotopic (exact) mass is 428 g/mol. The third-order valence-electron chi connectivity index (χ3n) is 4.36. The molecule has 0 N–H and O–H groups in total. The maximum absolute atomic E-state index is 7.75. The van der Waals surface area contributed by atoms with Crippen LogP contribution < -0.4 is 0 Å². The van der Waals surface area contributed by atoms with E-state index in [-0.39, 0.29) is 35.9 Å². The van der Waals surface area contributed by atoms with Gasteiger partial charge in [0.15, 0.2) is 0 Å². The molecule has 1 atom stereocenters. The minimum Gasteiger partial charge on any atom is -0.545 e. The van der Waals surface area contributed by atoms with Crippen LogP contribution in [0.3, 0.4) is 0 Å². The molecule has 0 amide bonds. The van der Waals surface area contributed by atoms with Gasteiger partial charge >= 0.3 is 21.1 Å². The van der Waals surface area contributed by atoms with Gasteiger partial charge in [-0.3, -0.25) is 13.6 Å². The van der Waals surface area contributed by atoms with Crippen LogP contribution in [-0.4, -0.2) is 21.7 Å². The second kappa shape index (κ2) is 24.5. The third kappa shape index (κ3) is 24.6. The molecule has 0 aromatic carbocycles. The van der Waals surface area contributed by atoms with Gasteiger partial charge in [0.2, 0.25) is 0 Å². The molecule has 23 heavy (non-hydrogen) atoms. The van der Waals surface area contributed by atoms with E-state index in [1.165, 1.54) is 32.1 Å². The fourth-order valence-corrected chi connectivity index (χ4v) is 4.40. The first-order valence-electron chi connectivity index (χ1n) is 7.76. The van der Waals surface area contributed by atoms with Gasteiger partial charge in [-0.05, 0) is 17.4 Å². The smallest absolute Gasteiger partial charge is 0.545 e. The molecule has 140 valence electrons. The van der Waals surface area contributed by atoms with Crippen LogP contribution in [0, 0.1) is 26.7 Å². The van der Waals surface area contributed by atoms with Crippen LogP contribution in [0.5, 0.6) is 0 Å². The van der Waals surface area contributed by atoms with E-state index in [4.69, 9.17) is 9.59 Å². The molecule has 1 fully saturated rings. The Kier molecular flexibility index (Phi) is 41.2. The fraction of sp³-hybridized carbons (Fsp3) is 0.789. The number of hydrogen-bond acceptors (Lipinski definition) is 2. The molecule has 0 aliphatic heterocycles. The van der Waals surface area contributed by atoms with Crippen molar-refractivity contribution in [2.45, 2.75) is 85.0 Å². The van der Waals surface area contributed by atoms with Crippen LogP contribution in [0.25, 0.3) is 0 Å². The Labute approximate surface area is 163 Å². The normalized spacial score (nSPS) is 13.9. The topological polar surface area (TPSA) is 34.1 Å². The summed E-state index contributed by atoms with van der Waals surface area (Å²) >= 11 is 0. The van der Waals surface area contributed by atoms with E-state index in [0.29, 0.717) is 0 Å². The molecule has 0 aromatic rings. The van der Waals surface area contributed by atoms with Gasteiger partial charge in [0.05, 0.1) is 0 Å². The predicted molar refractivity (Wildman–Crippen MR) is 106 cm³/mol. The third-order valence-corrected chi connectivity index (χ3v) is 7.39. The van der Waals surface area contributed by atoms with Gasteiger partial charge in [0.1, 0.15) is 0 Å². The molecular weight excluding hydrogens is 384 g/mol. The van der Waals surface area contributed by atoms with E-state index < -0.39 is 8.07 Å². The van der Waals surface area contributed by atoms with Crippen LogP contribution in [0.2, 0.25) is 25.2 Å². The molecule has 0 aromatic heterocycles. The average molecular weight is 427 g/mol. The molecule has 1 aliphatic carbocycles. The summed E-state index contributed by atoms with van der Waals surface area (Å²) < 4.78 is 0. The number of carbonyl (C=O) groups excluding carboxylic acids is 2. The van der Waals surface area contributed by atoms with Crippen LogP contribution in [0.15, 0.2) is 0 Å². The first-order valence-corrected chi connectivity index (χ1v) is 11.3. The summed E-state index contributed by atoms with van der Waals surface area (Å²) in [5.41, 5.74) is 1.15. The quantitative estimate of drug-likeness (QED) is 0.301. The van der Waals surface area contributed by atoms with Gasteiger partial charge in [0, 0.05) is 8.07 Å². The van der Waals surface area contributed by atoms with Crippen molar-refractivity contribution >= 4 is 21.7 Å². The zero-order valence-electron chi connectivity index (χ0n) is 17.1. The van der Waals surface area contributed by atoms with E-state index in [9.17, 15) is 0 Å². The van der Waals surface area contributed by atoms with Crippen molar-refractivity contribution in [2.24, 2.45) is 11.8 Å². The minimum absolute atomic E-state index is 0. The van der Waals surface area contributed by atoms with Crippen LogP contribution in [0.1, 0.15) is 59.8 Å². The molecule has 1 unspecified atom stereocenters. The summed E-state index contributed by atoms with van der Waals surface area (Å²) in [4.78, 5) is 15.5. The Morgan fingerprint density at radius 3 is 1.30 bits per heavy atom. The SMILES string of the molecule is CCC(C)C(C)C.C[Si](C)(C)C1CCCC1.[CH-]=O.[CH-]=O.[CH3-].[CH3-].[Mo+4]. The van der Waals surface area contributed by atoms with Crippen molar-refractivity contribution in [3.63, 3.8) is 0 Å². The van der Waals surface area contributed by atoms with Gasteiger partial charge in [0.25, 0.3) is 0 Å². The molecule has 0 heterocycles. The first kappa shape index (κ1) is 38.7. The summed E-state index contributed by atoms with van der Waals surface area (Å²) in [6, 6.07) is 0. The van der Waals surface area contributed by atoms with Gasteiger partial charge in [-0.1, -0.05) is 79.4 Å². The summed E-state index contributed by atoms with van der Waals surface area (Å²) in [6.45, 7) is 23.1. The summed E-state index contributed by atoms with van der Waals surface area (Å²) in [6.07, 6.45) is 7.41. The maximum atomic E-state index is 7.75. The van der Waals surface area contributed by atoms with Gasteiger partial charge < -0.3 is 24.4 Å². The van der Waals surface area contributed by atoms with Crippen LogP contribution in [0.4, 0.5) is 0 Å². The summed E-state index contributed by atoms with van der Waals surface area (Å²) in [7, 11) is -0.724. The van der Waals surface area contributed by atoms with Gasteiger partial charge in [-0.15, -0.1) is 0 Å². The average Bonchev–Trinajstić information content (AvgIpc) is 2.97. The molecule has 2 nitrogen and oxygen atoms in total. The van der Waals surface area contributed by atoms with E-state index in [1.807, 2.05) is 0 Å². The maximum Gasteiger partial charge on any atom is 4.00 e.